The third-order valence-corrected chi connectivity index (χ3v) is 3.62. The van der Waals surface area contributed by atoms with Gasteiger partial charge in [0, 0.05) is 24.4 Å². The van der Waals surface area contributed by atoms with Crippen molar-refractivity contribution in [3.05, 3.63) is 59.9 Å². The van der Waals surface area contributed by atoms with Crippen LogP contribution in [0.3, 0.4) is 0 Å². The molecule has 0 radical (unpaired) electrons. The highest BCUT2D eigenvalue weighted by Crippen LogP contribution is 2.29. The number of rotatable bonds is 6. The van der Waals surface area contributed by atoms with Gasteiger partial charge in [-0.15, -0.1) is 0 Å². The third-order valence-electron chi connectivity index (χ3n) is 3.62. The van der Waals surface area contributed by atoms with Crippen molar-refractivity contribution >= 4 is 5.91 Å². The number of methoxy groups -OCH3 is 1. The number of aromatic nitrogens is 1. The second kappa shape index (κ2) is 7.07. The third kappa shape index (κ3) is 4.07. The van der Waals surface area contributed by atoms with Crippen molar-refractivity contribution in [3.8, 4) is 5.75 Å². The molecule has 0 fully saturated rings. The molecular weight excluding hydrogens is 276 g/mol. The number of amides is 1. The number of nitrogens with one attached hydrogen (secondary N) is 1. The van der Waals surface area contributed by atoms with Crippen molar-refractivity contribution in [1.29, 1.82) is 0 Å². The van der Waals surface area contributed by atoms with Crippen molar-refractivity contribution < 1.29 is 9.53 Å². The van der Waals surface area contributed by atoms with E-state index in [2.05, 4.69) is 10.3 Å². The monoisotopic (exact) mass is 298 g/mol. The molecule has 0 aliphatic carbocycles. The number of hydrogen-bond donors (Lipinski definition) is 1. The van der Waals surface area contributed by atoms with Crippen LogP contribution < -0.4 is 10.1 Å². The molecule has 0 aliphatic heterocycles. The summed E-state index contributed by atoms with van der Waals surface area (Å²) in [7, 11) is 1.64. The number of pyridine rings is 1. The quantitative estimate of drug-likeness (QED) is 0.891. The van der Waals surface area contributed by atoms with E-state index in [-0.39, 0.29) is 5.91 Å². The van der Waals surface area contributed by atoms with Crippen LogP contribution in [0.25, 0.3) is 0 Å². The Hall–Kier alpha value is -2.36. The molecule has 116 valence electrons. The van der Waals surface area contributed by atoms with Gasteiger partial charge in [-0.3, -0.25) is 9.78 Å². The number of ether oxygens (including phenoxy) is 1. The van der Waals surface area contributed by atoms with Gasteiger partial charge >= 0.3 is 0 Å². The first kappa shape index (κ1) is 16.0. The number of nitrogens with zero attached hydrogens (tertiary/aromatic N) is 1. The zero-order chi connectivity index (χ0) is 16.0. The van der Waals surface area contributed by atoms with E-state index in [0.29, 0.717) is 12.8 Å². The van der Waals surface area contributed by atoms with Gasteiger partial charge in [-0.05, 0) is 44.0 Å². The summed E-state index contributed by atoms with van der Waals surface area (Å²) in [6.07, 6.45) is 4.64. The van der Waals surface area contributed by atoms with Gasteiger partial charge in [0.2, 0.25) is 5.91 Å². The van der Waals surface area contributed by atoms with Crippen molar-refractivity contribution in [2.45, 2.75) is 32.2 Å². The summed E-state index contributed by atoms with van der Waals surface area (Å²) in [6.45, 7) is 3.96. The van der Waals surface area contributed by atoms with Crippen molar-refractivity contribution in [2.24, 2.45) is 0 Å². The maximum Gasteiger partial charge on any atom is 0.221 e. The van der Waals surface area contributed by atoms with E-state index in [0.717, 1.165) is 16.9 Å². The van der Waals surface area contributed by atoms with Crippen molar-refractivity contribution in [2.75, 3.05) is 7.11 Å². The molecule has 22 heavy (non-hydrogen) atoms. The SMILES string of the molecule is COc1ccccc1C(C)(C)NC(=O)CCc1ccncc1. The smallest absolute Gasteiger partial charge is 0.221 e. The van der Waals surface area contributed by atoms with Crippen molar-refractivity contribution in [3.63, 3.8) is 0 Å². The van der Waals surface area contributed by atoms with Crippen LogP contribution in [-0.2, 0) is 16.8 Å². The molecular formula is C18H22N2O2. The van der Waals surface area contributed by atoms with Gasteiger partial charge in [0.05, 0.1) is 12.6 Å². The average molecular weight is 298 g/mol. The van der Waals surface area contributed by atoms with E-state index in [1.54, 1.807) is 19.5 Å². The van der Waals surface area contributed by atoms with Gasteiger partial charge < -0.3 is 10.1 Å². The normalized spacial score (nSPS) is 11.0. The second-order valence-corrected chi connectivity index (χ2v) is 5.73. The van der Waals surface area contributed by atoms with Gasteiger partial charge in [0.15, 0.2) is 0 Å². The Morgan fingerprint density at radius 1 is 1.18 bits per heavy atom. The first-order valence-electron chi connectivity index (χ1n) is 7.36. The molecule has 4 heteroatoms. The van der Waals surface area contributed by atoms with Crippen molar-refractivity contribution in [1.82, 2.24) is 10.3 Å². The number of benzene rings is 1. The largest absolute Gasteiger partial charge is 0.496 e. The van der Waals surface area contributed by atoms with Gasteiger partial charge in [-0.1, -0.05) is 18.2 Å². The summed E-state index contributed by atoms with van der Waals surface area (Å²) >= 11 is 0. The Bertz CT molecular complexity index is 624. The molecule has 1 amide bonds. The number of hydrogen-bond acceptors (Lipinski definition) is 3. The topological polar surface area (TPSA) is 51.2 Å². The summed E-state index contributed by atoms with van der Waals surface area (Å²) < 4.78 is 5.38. The van der Waals surface area contributed by atoms with Crippen LogP contribution in [0.1, 0.15) is 31.4 Å². The molecule has 1 heterocycles. The van der Waals surface area contributed by atoms with Gasteiger partial charge in [-0.2, -0.15) is 0 Å². The molecule has 2 rings (SSSR count). The summed E-state index contributed by atoms with van der Waals surface area (Å²) in [5.41, 5.74) is 1.59. The molecule has 0 spiro atoms. The number of aryl methyl sites for hydroxylation is 1. The summed E-state index contributed by atoms with van der Waals surface area (Å²) in [5.74, 6) is 0.801. The maximum absolute atomic E-state index is 12.2. The molecule has 1 aromatic heterocycles. The summed E-state index contributed by atoms with van der Waals surface area (Å²) in [6, 6.07) is 11.6. The van der Waals surface area contributed by atoms with E-state index < -0.39 is 5.54 Å². The lowest BCUT2D eigenvalue weighted by Gasteiger charge is -2.28. The Labute approximate surface area is 131 Å². The molecule has 0 bridgehead atoms. The summed E-state index contributed by atoms with van der Waals surface area (Å²) in [4.78, 5) is 16.2. The minimum absolute atomic E-state index is 0.0210. The van der Waals surface area contributed by atoms with Crippen LogP contribution in [0.15, 0.2) is 48.8 Å². The Morgan fingerprint density at radius 3 is 2.55 bits per heavy atom. The summed E-state index contributed by atoms with van der Waals surface area (Å²) in [5, 5.41) is 3.08. The fourth-order valence-corrected chi connectivity index (χ4v) is 2.45. The van der Waals surface area contributed by atoms with E-state index in [1.807, 2.05) is 50.2 Å². The predicted octanol–water partition coefficient (Wildman–Crippen LogP) is 3.07. The second-order valence-electron chi connectivity index (χ2n) is 5.73. The lowest BCUT2D eigenvalue weighted by Crippen LogP contribution is -2.41. The first-order valence-corrected chi connectivity index (χ1v) is 7.36. The highest BCUT2D eigenvalue weighted by molar-refractivity contribution is 5.77. The fraction of sp³-hybridized carbons (Fsp3) is 0.333. The molecule has 0 unspecified atom stereocenters. The number of carbonyl (C=O) groups excluding carboxylic acids is 1. The van der Waals surface area contributed by atoms with E-state index in [9.17, 15) is 4.79 Å². The first-order chi connectivity index (χ1) is 10.5. The number of para-hydroxylation sites is 1. The van der Waals surface area contributed by atoms with Crippen LogP contribution in [0, 0.1) is 0 Å². The van der Waals surface area contributed by atoms with Crippen LogP contribution in [0.4, 0.5) is 0 Å². The van der Waals surface area contributed by atoms with Gasteiger partial charge in [-0.25, -0.2) is 0 Å². The highest BCUT2D eigenvalue weighted by atomic mass is 16.5. The molecule has 2 aromatic rings. The maximum atomic E-state index is 12.2. The van der Waals surface area contributed by atoms with Gasteiger partial charge in [0.25, 0.3) is 0 Å². The van der Waals surface area contributed by atoms with E-state index in [4.69, 9.17) is 4.74 Å². The molecule has 0 aliphatic rings. The Balaban J connectivity index is 2.00. The molecule has 0 saturated carbocycles. The minimum atomic E-state index is -0.484. The predicted molar refractivity (Wildman–Crippen MR) is 86.7 cm³/mol. The average Bonchev–Trinajstić information content (AvgIpc) is 2.53. The fourth-order valence-electron chi connectivity index (χ4n) is 2.45. The molecule has 4 nitrogen and oxygen atoms in total. The highest BCUT2D eigenvalue weighted by Gasteiger charge is 2.25. The van der Waals surface area contributed by atoms with Crippen LogP contribution >= 0.6 is 0 Å². The molecule has 0 saturated heterocycles. The molecule has 1 N–H and O–H groups in total. The Kier molecular flexibility index (Phi) is 5.15. The lowest BCUT2D eigenvalue weighted by atomic mass is 9.93. The zero-order valence-electron chi connectivity index (χ0n) is 13.3. The molecule has 0 atom stereocenters. The van der Waals surface area contributed by atoms with Crippen LogP contribution in [-0.4, -0.2) is 18.0 Å². The van der Waals surface area contributed by atoms with Crippen LogP contribution in [0.5, 0.6) is 5.75 Å². The lowest BCUT2D eigenvalue weighted by molar-refractivity contribution is -0.122. The minimum Gasteiger partial charge on any atom is -0.496 e. The van der Waals surface area contributed by atoms with E-state index >= 15 is 0 Å². The van der Waals surface area contributed by atoms with Gasteiger partial charge in [0.1, 0.15) is 5.75 Å². The van der Waals surface area contributed by atoms with E-state index in [1.165, 1.54) is 0 Å². The number of carbonyl (C=O) groups is 1. The zero-order valence-corrected chi connectivity index (χ0v) is 13.3. The Morgan fingerprint density at radius 2 is 1.86 bits per heavy atom. The molecule has 1 aromatic carbocycles. The van der Waals surface area contributed by atoms with Crippen LogP contribution in [0.2, 0.25) is 0 Å². The standard InChI is InChI=1S/C18H22N2O2/c1-18(2,15-6-4-5-7-16(15)22-3)20-17(21)9-8-14-10-12-19-13-11-14/h4-7,10-13H,8-9H2,1-3H3,(H,20,21).